The minimum absolute atomic E-state index is 0.196. The van der Waals surface area contributed by atoms with E-state index in [1.165, 1.54) is 0 Å². The number of hydrogen-bond acceptors (Lipinski definition) is 4. The molecule has 0 bridgehead atoms. The molecule has 8 heteroatoms. The molecule has 164 valence electrons. The summed E-state index contributed by atoms with van der Waals surface area (Å²) in [5.74, 6) is 0.0333. The van der Waals surface area contributed by atoms with Crippen LogP contribution in [0.3, 0.4) is 0 Å². The average molecular weight is 463 g/mol. The standard InChI is InChI=1S/C23H24Cl2N2O4/c1-4-18-20(22(28)31-13(2)3)21(27-23(29)26-18)16-7-5-6-8-19(16)30-12-14-9-10-15(24)11-17(14)25/h5-11,13,21H,4,12H2,1-3H3,(H2,26,27,29). The van der Waals surface area contributed by atoms with Crippen molar-refractivity contribution in [2.45, 2.75) is 45.9 Å². The molecule has 2 aromatic carbocycles. The Labute approximate surface area is 191 Å². The molecule has 1 unspecified atom stereocenters. The lowest BCUT2D eigenvalue weighted by Crippen LogP contribution is -2.46. The third kappa shape index (κ3) is 5.51. The van der Waals surface area contributed by atoms with Crippen molar-refractivity contribution in [3.8, 4) is 5.75 Å². The number of nitrogens with one attached hydrogen (secondary N) is 2. The van der Waals surface area contributed by atoms with Crippen molar-refractivity contribution >= 4 is 35.2 Å². The van der Waals surface area contributed by atoms with Gasteiger partial charge in [-0.15, -0.1) is 0 Å². The number of allylic oxidation sites excluding steroid dienone is 1. The molecule has 0 fully saturated rings. The number of amides is 2. The lowest BCUT2D eigenvalue weighted by Gasteiger charge is -2.30. The van der Waals surface area contributed by atoms with E-state index in [9.17, 15) is 9.59 Å². The van der Waals surface area contributed by atoms with Gasteiger partial charge in [-0.3, -0.25) is 0 Å². The van der Waals surface area contributed by atoms with Gasteiger partial charge in [0.15, 0.2) is 0 Å². The van der Waals surface area contributed by atoms with Crippen LogP contribution >= 0.6 is 23.2 Å². The van der Waals surface area contributed by atoms with Crippen LogP contribution in [0.2, 0.25) is 10.0 Å². The molecule has 2 aromatic rings. The van der Waals surface area contributed by atoms with Gasteiger partial charge in [0, 0.05) is 26.9 Å². The second kappa shape index (κ2) is 10.1. The molecule has 0 aliphatic carbocycles. The number of benzene rings is 2. The van der Waals surface area contributed by atoms with Crippen LogP contribution in [0.5, 0.6) is 5.75 Å². The molecule has 0 radical (unpaired) electrons. The van der Waals surface area contributed by atoms with E-state index in [-0.39, 0.29) is 12.7 Å². The van der Waals surface area contributed by atoms with E-state index in [2.05, 4.69) is 10.6 Å². The van der Waals surface area contributed by atoms with Gasteiger partial charge in [-0.05, 0) is 38.5 Å². The molecule has 0 aromatic heterocycles. The number of para-hydroxylation sites is 1. The Hall–Kier alpha value is -2.70. The molecule has 2 amide bonds. The second-order valence-corrected chi connectivity index (χ2v) is 8.14. The number of hydrogen-bond donors (Lipinski definition) is 2. The first-order valence-electron chi connectivity index (χ1n) is 9.97. The van der Waals surface area contributed by atoms with Gasteiger partial charge in [0.05, 0.1) is 17.7 Å². The zero-order valence-electron chi connectivity index (χ0n) is 17.5. The first kappa shape index (κ1) is 23.0. The van der Waals surface area contributed by atoms with Crippen LogP contribution in [0.4, 0.5) is 4.79 Å². The third-order valence-corrected chi connectivity index (χ3v) is 5.29. The normalized spacial score (nSPS) is 16.1. The Bertz CT molecular complexity index is 1020. The highest BCUT2D eigenvalue weighted by molar-refractivity contribution is 6.35. The summed E-state index contributed by atoms with van der Waals surface area (Å²) in [7, 11) is 0. The Balaban J connectivity index is 1.96. The van der Waals surface area contributed by atoms with Crippen molar-refractivity contribution < 1.29 is 19.1 Å². The lowest BCUT2D eigenvalue weighted by molar-refractivity contribution is -0.143. The van der Waals surface area contributed by atoms with Gasteiger partial charge in [0.25, 0.3) is 0 Å². The summed E-state index contributed by atoms with van der Waals surface area (Å²) in [4.78, 5) is 25.2. The van der Waals surface area contributed by atoms with E-state index in [1.54, 1.807) is 38.1 Å². The Kier molecular flexibility index (Phi) is 7.46. The largest absolute Gasteiger partial charge is 0.488 e. The van der Waals surface area contributed by atoms with E-state index >= 15 is 0 Å². The van der Waals surface area contributed by atoms with Crippen LogP contribution in [0.15, 0.2) is 53.7 Å². The highest BCUT2D eigenvalue weighted by Crippen LogP contribution is 2.35. The first-order valence-corrected chi connectivity index (χ1v) is 10.7. The number of esters is 1. The molecule has 1 aliphatic rings. The summed E-state index contributed by atoms with van der Waals surface area (Å²) >= 11 is 12.2. The Morgan fingerprint density at radius 3 is 2.58 bits per heavy atom. The number of halogens is 2. The maximum Gasteiger partial charge on any atom is 0.338 e. The van der Waals surface area contributed by atoms with Crippen molar-refractivity contribution in [2.75, 3.05) is 0 Å². The third-order valence-electron chi connectivity index (χ3n) is 4.70. The summed E-state index contributed by atoms with van der Waals surface area (Å²) in [5, 5.41) is 6.58. The molecule has 1 heterocycles. The van der Waals surface area contributed by atoms with Crippen LogP contribution in [0.25, 0.3) is 0 Å². The Morgan fingerprint density at radius 2 is 1.90 bits per heavy atom. The summed E-state index contributed by atoms with van der Waals surface area (Å²) in [5.41, 5.74) is 2.29. The van der Waals surface area contributed by atoms with Gasteiger partial charge in [0.2, 0.25) is 0 Å². The highest BCUT2D eigenvalue weighted by Gasteiger charge is 2.35. The molecule has 1 atom stereocenters. The summed E-state index contributed by atoms with van der Waals surface area (Å²) in [6.45, 7) is 5.62. The van der Waals surface area contributed by atoms with E-state index in [0.29, 0.717) is 39.0 Å². The van der Waals surface area contributed by atoms with Crippen molar-refractivity contribution in [3.05, 3.63) is 74.9 Å². The minimum Gasteiger partial charge on any atom is -0.488 e. The van der Waals surface area contributed by atoms with Gasteiger partial charge < -0.3 is 20.1 Å². The van der Waals surface area contributed by atoms with Crippen molar-refractivity contribution in [1.29, 1.82) is 0 Å². The number of ether oxygens (including phenoxy) is 2. The monoisotopic (exact) mass is 462 g/mol. The van der Waals surface area contributed by atoms with Crippen molar-refractivity contribution in [3.63, 3.8) is 0 Å². The fourth-order valence-electron chi connectivity index (χ4n) is 3.29. The van der Waals surface area contributed by atoms with E-state index in [1.807, 2.05) is 25.1 Å². The topological polar surface area (TPSA) is 76.7 Å². The molecule has 1 aliphatic heterocycles. The number of urea groups is 1. The second-order valence-electron chi connectivity index (χ2n) is 7.29. The Morgan fingerprint density at radius 1 is 1.16 bits per heavy atom. The highest BCUT2D eigenvalue weighted by atomic mass is 35.5. The van der Waals surface area contributed by atoms with Crippen LogP contribution in [0, 0.1) is 0 Å². The predicted molar refractivity (Wildman–Crippen MR) is 120 cm³/mol. The van der Waals surface area contributed by atoms with Crippen LogP contribution in [-0.2, 0) is 16.1 Å². The summed E-state index contributed by atoms with van der Waals surface area (Å²) < 4.78 is 11.5. The molecular formula is C23H24Cl2N2O4. The van der Waals surface area contributed by atoms with E-state index in [4.69, 9.17) is 32.7 Å². The molecule has 6 nitrogen and oxygen atoms in total. The fraction of sp³-hybridized carbons (Fsp3) is 0.304. The summed E-state index contributed by atoms with van der Waals surface area (Å²) in [6.07, 6.45) is 0.172. The molecule has 0 saturated carbocycles. The van der Waals surface area contributed by atoms with Gasteiger partial charge in [0.1, 0.15) is 12.4 Å². The maximum absolute atomic E-state index is 12.9. The summed E-state index contributed by atoms with van der Waals surface area (Å²) in [6, 6.07) is 11.3. The lowest BCUT2D eigenvalue weighted by atomic mass is 9.93. The molecule has 0 saturated heterocycles. The molecular weight excluding hydrogens is 439 g/mol. The minimum atomic E-state index is -0.716. The van der Waals surface area contributed by atoms with Crippen molar-refractivity contribution in [2.24, 2.45) is 0 Å². The van der Waals surface area contributed by atoms with Crippen LogP contribution in [0.1, 0.15) is 44.4 Å². The van der Waals surface area contributed by atoms with Gasteiger partial charge in [-0.1, -0.05) is 54.4 Å². The zero-order valence-corrected chi connectivity index (χ0v) is 19.0. The molecule has 0 spiro atoms. The SMILES string of the molecule is CCC1=C(C(=O)OC(C)C)C(c2ccccc2OCc2ccc(Cl)cc2Cl)NC(=O)N1. The van der Waals surface area contributed by atoms with Gasteiger partial charge >= 0.3 is 12.0 Å². The van der Waals surface area contributed by atoms with Crippen LogP contribution < -0.4 is 15.4 Å². The van der Waals surface area contributed by atoms with Gasteiger partial charge in [-0.2, -0.15) is 0 Å². The zero-order chi connectivity index (χ0) is 22.5. The number of rotatable bonds is 7. The van der Waals surface area contributed by atoms with Crippen LogP contribution in [-0.4, -0.2) is 18.1 Å². The maximum atomic E-state index is 12.9. The number of carbonyl (C=O) groups excluding carboxylic acids is 2. The van der Waals surface area contributed by atoms with Crippen molar-refractivity contribution in [1.82, 2.24) is 10.6 Å². The molecule has 3 rings (SSSR count). The fourth-order valence-corrected chi connectivity index (χ4v) is 3.76. The quantitative estimate of drug-likeness (QED) is 0.529. The molecule has 2 N–H and O–H groups in total. The average Bonchev–Trinajstić information content (AvgIpc) is 2.72. The number of carbonyl (C=O) groups is 2. The first-order chi connectivity index (χ1) is 14.8. The van der Waals surface area contributed by atoms with Gasteiger partial charge in [-0.25, -0.2) is 9.59 Å². The predicted octanol–water partition coefficient (Wildman–Crippen LogP) is 5.54. The van der Waals surface area contributed by atoms with E-state index in [0.717, 1.165) is 5.56 Å². The van der Waals surface area contributed by atoms with E-state index < -0.39 is 18.0 Å². The smallest absolute Gasteiger partial charge is 0.338 e. The molecule has 31 heavy (non-hydrogen) atoms.